The lowest BCUT2D eigenvalue weighted by molar-refractivity contribution is 0.385. The number of allylic oxidation sites excluding steroid dienone is 3. The van der Waals surface area contributed by atoms with Crippen molar-refractivity contribution in [3.8, 4) is 0 Å². The van der Waals surface area contributed by atoms with E-state index in [0.29, 0.717) is 5.76 Å². The molecule has 0 aromatic rings. The molecule has 1 rings (SSSR count). The Morgan fingerprint density at radius 1 is 1.67 bits per heavy atom. The van der Waals surface area contributed by atoms with Gasteiger partial charge in [-0.3, -0.25) is 0 Å². The number of hydrogen-bond donors (Lipinski definition) is 2. The Balaban J connectivity index is 2.63. The van der Waals surface area contributed by atoms with Crippen LogP contribution in [0, 0.1) is 0 Å². The van der Waals surface area contributed by atoms with Crippen LogP contribution in [-0.2, 0) is 0 Å². The van der Waals surface area contributed by atoms with Crippen LogP contribution >= 0.6 is 0 Å². The van der Waals surface area contributed by atoms with E-state index >= 15 is 0 Å². The molecule has 9 heavy (non-hydrogen) atoms. The molecule has 0 aromatic carbocycles. The number of likely N-dealkylation sites (N-methyl/N-ethyl adjacent to an activating group) is 1. The number of rotatable bonds is 1. The molecule has 0 unspecified atom stereocenters. The van der Waals surface area contributed by atoms with Crippen LogP contribution in [0.4, 0.5) is 0 Å². The largest absolute Gasteiger partial charge is 0.512 e. The molecule has 0 spiro atoms. The molecule has 0 aliphatic heterocycles. The molecular weight excluding hydrogens is 114 g/mol. The Labute approximate surface area is 54.9 Å². The average molecular weight is 125 g/mol. The fourth-order valence-electron chi connectivity index (χ4n) is 0.860. The third kappa shape index (κ3) is 1.49. The van der Waals surface area contributed by atoms with E-state index in [1.165, 1.54) is 0 Å². The molecule has 50 valence electrons. The second-order valence-corrected chi connectivity index (χ2v) is 2.08. The van der Waals surface area contributed by atoms with Gasteiger partial charge in [0.05, 0.1) is 5.76 Å². The van der Waals surface area contributed by atoms with Crippen molar-refractivity contribution in [3.63, 3.8) is 0 Å². The summed E-state index contributed by atoms with van der Waals surface area (Å²) >= 11 is 0. The van der Waals surface area contributed by atoms with Gasteiger partial charge in [-0.1, -0.05) is 6.08 Å². The number of aliphatic hydroxyl groups is 1. The van der Waals surface area contributed by atoms with E-state index in [9.17, 15) is 0 Å². The molecule has 0 aromatic heterocycles. The average Bonchev–Trinajstić information content (AvgIpc) is 1.88. The highest BCUT2D eigenvalue weighted by Gasteiger charge is 1.99. The predicted molar refractivity (Wildman–Crippen MR) is 37.1 cm³/mol. The molecule has 0 radical (unpaired) electrons. The zero-order chi connectivity index (χ0) is 6.69. The SMILES string of the molecule is CNC1=CCCC(O)=C1. The summed E-state index contributed by atoms with van der Waals surface area (Å²) in [6.07, 6.45) is 5.55. The summed E-state index contributed by atoms with van der Waals surface area (Å²) < 4.78 is 0. The highest BCUT2D eigenvalue weighted by Crippen LogP contribution is 2.11. The highest BCUT2D eigenvalue weighted by atomic mass is 16.3. The molecular formula is C7H11NO. The van der Waals surface area contributed by atoms with Gasteiger partial charge in [0.15, 0.2) is 0 Å². The van der Waals surface area contributed by atoms with Gasteiger partial charge in [0.1, 0.15) is 0 Å². The lowest BCUT2D eigenvalue weighted by atomic mass is 10.1. The van der Waals surface area contributed by atoms with Crippen LogP contribution in [0.15, 0.2) is 23.6 Å². The van der Waals surface area contributed by atoms with Gasteiger partial charge in [0.25, 0.3) is 0 Å². The molecule has 0 saturated heterocycles. The number of nitrogens with one attached hydrogen (secondary N) is 1. The van der Waals surface area contributed by atoms with Crippen molar-refractivity contribution in [2.45, 2.75) is 12.8 Å². The molecule has 2 heteroatoms. The maximum absolute atomic E-state index is 8.99. The second-order valence-electron chi connectivity index (χ2n) is 2.08. The fraction of sp³-hybridized carbons (Fsp3) is 0.429. The molecule has 0 saturated carbocycles. The van der Waals surface area contributed by atoms with Gasteiger partial charge in [0, 0.05) is 19.2 Å². The Morgan fingerprint density at radius 2 is 2.44 bits per heavy atom. The zero-order valence-electron chi connectivity index (χ0n) is 5.52. The predicted octanol–water partition coefficient (Wildman–Crippen LogP) is 1.33. The summed E-state index contributed by atoms with van der Waals surface area (Å²) in [6.45, 7) is 0. The molecule has 1 aliphatic rings. The van der Waals surface area contributed by atoms with E-state index in [2.05, 4.69) is 11.4 Å². The van der Waals surface area contributed by atoms with Crippen molar-refractivity contribution in [1.82, 2.24) is 5.32 Å². The Bertz CT molecular complexity index is 158. The summed E-state index contributed by atoms with van der Waals surface area (Å²) in [4.78, 5) is 0. The van der Waals surface area contributed by atoms with Crippen molar-refractivity contribution in [3.05, 3.63) is 23.6 Å². The lowest BCUT2D eigenvalue weighted by Gasteiger charge is -2.07. The van der Waals surface area contributed by atoms with E-state index < -0.39 is 0 Å². The van der Waals surface area contributed by atoms with Gasteiger partial charge in [0.2, 0.25) is 0 Å². The van der Waals surface area contributed by atoms with Gasteiger partial charge in [-0.15, -0.1) is 0 Å². The Hall–Kier alpha value is -0.920. The first-order valence-electron chi connectivity index (χ1n) is 3.10. The standard InChI is InChI=1S/C7H11NO/c1-8-6-3-2-4-7(9)5-6/h3,5,8-9H,2,4H2,1H3. The summed E-state index contributed by atoms with van der Waals surface area (Å²) in [5.41, 5.74) is 1.01. The molecule has 1 aliphatic carbocycles. The zero-order valence-corrected chi connectivity index (χ0v) is 5.52. The lowest BCUT2D eigenvalue weighted by Crippen LogP contribution is -2.06. The minimum atomic E-state index is 0.474. The summed E-state index contributed by atoms with van der Waals surface area (Å²) in [5.74, 6) is 0.474. The van der Waals surface area contributed by atoms with Crippen LogP contribution in [0.5, 0.6) is 0 Å². The monoisotopic (exact) mass is 125 g/mol. The molecule has 0 amide bonds. The van der Waals surface area contributed by atoms with Crippen molar-refractivity contribution >= 4 is 0 Å². The minimum absolute atomic E-state index is 0.474. The quantitative estimate of drug-likeness (QED) is 0.554. The van der Waals surface area contributed by atoms with Crippen LogP contribution in [0.25, 0.3) is 0 Å². The molecule has 0 atom stereocenters. The number of aliphatic hydroxyl groups excluding tert-OH is 1. The normalized spacial score (nSPS) is 18.3. The van der Waals surface area contributed by atoms with Gasteiger partial charge in [-0.05, 0) is 12.5 Å². The number of hydrogen-bond acceptors (Lipinski definition) is 2. The summed E-state index contributed by atoms with van der Waals surface area (Å²) in [7, 11) is 1.85. The van der Waals surface area contributed by atoms with Crippen LogP contribution in [0.3, 0.4) is 0 Å². The molecule has 0 bridgehead atoms. The third-order valence-electron chi connectivity index (χ3n) is 1.38. The van der Waals surface area contributed by atoms with E-state index in [0.717, 1.165) is 18.5 Å². The summed E-state index contributed by atoms with van der Waals surface area (Å²) in [5, 5.41) is 12.0. The van der Waals surface area contributed by atoms with Crippen molar-refractivity contribution in [2.24, 2.45) is 0 Å². The van der Waals surface area contributed by atoms with E-state index in [4.69, 9.17) is 5.11 Å². The first kappa shape index (κ1) is 6.20. The van der Waals surface area contributed by atoms with Gasteiger partial charge >= 0.3 is 0 Å². The third-order valence-corrected chi connectivity index (χ3v) is 1.38. The molecule has 0 fully saturated rings. The van der Waals surface area contributed by atoms with Crippen LogP contribution in [0.2, 0.25) is 0 Å². The van der Waals surface area contributed by atoms with Crippen LogP contribution in [-0.4, -0.2) is 12.2 Å². The summed E-state index contributed by atoms with van der Waals surface area (Å²) in [6, 6.07) is 0. The van der Waals surface area contributed by atoms with E-state index in [-0.39, 0.29) is 0 Å². The molecule has 2 nitrogen and oxygen atoms in total. The van der Waals surface area contributed by atoms with Gasteiger partial charge in [-0.2, -0.15) is 0 Å². The molecule has 2 N–H and O–H groups in total. The minimum Gasteiger partial charge on any atom is -0.512 e. The van der Waals surface area contributed by atoms with Crippen LogP contribution in [0.1, 0.15) is 12.8 Å². The second kappa shape index (κ2) is 2.58. The van der Waals surface area contributed by atoms with E-state index in [1.807, 2.05) is 7.05 Å². The maximum Gasteiger partial charge on any atom is 0.0946 e. The topological polar surface area (TPSA) is 32.3 Å². The highest BCUT2D eigenvalue weighted by molar-refractivity contribution is 5.22. The smallest absolute Gasteiger partial charge is 0.0946 e. The Kier molecular flexibility index (Phi) is 1.78. The van der Waals surface area contributed by atoms with Crippen molar-refractivity contribution < 1.29 is 5.11 Å². The van der Waals surface area contributed by atoms with Gasteiger partial charge in [-0.25, -0.2) is 0 Å². The fourth-order valence-corrected chi connectivity index (χ4v) is 0.860. The van der Waals surface area contributed by atoms with Crippen molar-refractivity contribution in [2.75, 3.05) is 7.05 Å². The van der Waals surface area contributed by atoms with Gasteiger partial charge < -0.3 is 10.4 Å². The molecule has 0 heterocycles. The Morgan fingerprint density at radius 3 is 2.89 bits per heavy atom. The van der Waals surface area contributed by atoms with E-state index in [1.54, 1.807) is 6.08 Å². The van der Waals surface area contributed by atoms with Crippen LogP contribution < -0.4 is 5.32 Å². The first-order valence-corrected chi connectivity index (χ1v) is 3.10. The maximum atomic E-state index is 8.99. The first-order chi connectivity index (χ1) is 4.33. The van der Waals surface area contributed by atoms with Crippen molar-refractivity contribution in [1.29, 1.82) is 0 Å².